The van der Waals surface area contributed by atoms with Crippen LogP contribution in [0.3, 0.4) is 0 Å². The van der Waals surface area contributed by atoms with E-state index < -0.39 is 93.9 Å². The van der Waals surface area contributed by atoms with Gasteiger partial charge in [0.2, 0.25) is 5.91 Å². The molecule has 53 heavy (non-hydrogen) atoms. The third-order valence-electron chi connectivity index (χ3n) is 8.62. The van der Waals surface area contributed by atoms with E-state index in [1.807, 2.05) is 19.1 Å². The first-order valence-electron chi connectivity index (χ1n) is 17.6. The SMILES string of the molecule is CCCC(CCC)S(=O)(=O)C[C@H](NC(=O)O[C@H]1CCOC1)C(=O)N[C@@H](Cc1cc(F)cc(F)c1)[C@@H](CNCc1cccc(CC)c1)OC(=O)C(F)(F)F. The van der Waals surface area contributed by atoms with E-state index in [-0.39, 0.29) is 31.6 Å². The fourth-order valence-corrected chi connectivity index (χ4v) is 8.12. The molecule has 0 spiro atoms. The lowest BCUT2D eigenvalue weighted by atomic mass is 9.99. The third-order valence-corrected chi connectivity index (χ3v) is 10.9. The number of hydrogen-bond donors (Lipinski definition) is 3. The zero-order valence-electron chi connectivity index (χ0n) is 30.0. The Hall–Kier alpha value is -3.83. The van der Waals surface area contributed by atoms with Crippen LogP contribution >= 0.6 is 0 Å². The smallest absolute Gasteiger partial charge is 0.452 e. The number of aryl methyl sites for hydroxylation is 1. The molecule has 0 saturated carbocycles. The molecule has 1 heterocycles. The topological polar surface area (TPSA) is 149 Å². The summed E-state index contributed by atoms with van der Waals surface area (Å²) in [6, 6.07) is 6.17. The van der Waals surface area contributed by atoms with Crippen molar-refractivity contribution in [1.82, 2.24) is 16.0 Å². The molecule has 1 aliphatic heterocycles. The number of esters is 1. The lowest BCUT2D eigenvalue weighted by Gasteiger charge is -2.31. The fraction of sp³-hybridized carbons (Fsp3) is 0.583. The molecule has 2 aromatic carbocycles. The summed E-state index contributed by atoms with van der Waals surface area (Å²) in [5.74, 6) is -6.72. The maximum atomic E-state index is 14.3. The van der Waals surface area contributed by atoms with Crippen LogP contribution < -0.4 is 16.0 Å². The van der Waals surface area contributed by atoms with E-state index in [0.717, 1.165) is 23.3 Å². The van der Waals surface area contributed by atoms with E-state index in [2.05, 4.69) is 16.0 Å². The van der Waals surface area contributed by atoms with Gasteiger partial charge in [-0.3, -0.25) is 4.79 Å². The third kappa shape index (κ3) is 14.5. The highest BCUT2D eigenvalue weighted by molar-refractivity contribution is 7.92. The van der Waals surface area contributed by atoms with Crippen LogP contribution in [0.2, 0.25) is 0 Å². The summed E-state index contributed by atoms with van der Waals surface area (Å²) in [6.07, 6.45) is -7.04. The number of alkyl halides is 3. The molecular weight excluding hydrogens is 729 g/mol. The van der Waals surface area contributed by atoms with Crippen molar-refractivity contribution in [2.75, 3.05) is 25.5 Å². The van der Waals surface area contributed by atoms with Crippen molar-refractivity contribution in [3.8, 4) is 0 Å². The standard InChI is InChI=1S/C36H48F5N3O8S/c1-4-8-29(9-5-2)53(48,49)22-31(44-35(47)51-28-12-13-50-21-28)33(45)43-30(17-25-15-26(37)18-27(38)16-25)32(52-34(46)36(39,40)41)20-42-19-24-11-7-10-23(6-3)14-24/h7,10-11,14-16,18,28-32,42H,4-6,8-9,12-13,17,19-22H2,1-3H3,(H,43,45)(H,44,47)/t28-,30-,31-,32+/m0/s1. The molecule has 296 valence electrons. The number of carbonyl (C=O) groups excluding carboxylic acids is 3. The number of sulfone groups is 1. The number of benzene rings is 2. The minimum Gasteiger partial charge on any atom is -0.452 e. The molecule has 3 N–H and O–H groups in total. The predicted molar refractivity (Wildman–Crippen MR) is 185 cm³/mol. The molecule has 2 aromatic rings. The van der Waals surface area contributed by atoms with Gasteiger partial charge in [-0.05, 0) is 54.5 Å². The molecule has 0 aliphatic carbocycles. The molecule has 0 radical (unpaired) electrons. The Bertz CT molecular complexity index is 1600. The summed E-state index contributed by atoms with van der Waals surface area (Å²) in [7, 11) is -4.08. The molecule has 1 saturated heterocycles. The van der Waals surface area contributed by atoms with Gasteiger partial charge in [-0.25, -0.2) is 26.8 Å². The van der Waals surface area contributed by atoms with Gasteiger partial charge < -0.3 is 30.2 Å². The minimum atomic E-state index is -5.45. The van der Waals surface area contributed by atoms with Gasteiger partial charge in [0, 0.05) is 25.6 Å². The molecule has 0 aromatic heterocycles. The van der Waals surface area contributed by atoms with Crippen LogP contribution in [0.1, 0.15) is 69.6 Å². The van der Waals surface area contributed by atoms with Crippen LogP contribution in [0, 0.1) is 11.6 Å². The monoisotopic (exact) mass is 777 g/mol. The van der Waals surface area contributed by atoms with Crippen molar-refractivity contribution in [2.24, 2.45) is 0 Å². The van der Waals surface area contributed by atoms with Crippen LogP contribution in [0.4, 0.5) is 26.7 Å². The first-order valence-corrected chi connectivity index (χ1v) is 19.3. The first-order chi connectivity index (χ1) is 25.0. The van der Waals surface area contributed by atoms with E-state index in [1.165, 1.54) is 0 Å². The normalized spacial score (nSPS) is 16.5. The van der Waals surface area contributed by atoms with Crippen LogP contribution in [0.25, 0.3) is 0 Å². The second-order valence-corrected chi connectivity index (χ2v) is 15.3. The zero-order chi connectivity index (χ0) is 39.2. The first kappa shape index (κ1) is 43.6. The average molecular weight is 778 g/mol. The number of hydrogen-bond acceptors (Lipinski definition) is 9. The van der Waals surface area contributed by atoms with E-state index in [9.17, 15) is 44.8 Å². The Kier molecular flexibility index (Phi) is 16.9. The van der Waals surface area contributed by atoms with Crippen molar-refractivity contribution in [3.63, 3.8) is 0 Å². The number of halogens is 5. The Balaban J connectivity index is 2.00. The number of carbonyl (C=O) groups is 3. The second kappa shape index (κ2) is 20.6. The highest BCUT2D eigenvalue weighted by Crippen LogP contribution is 2.22. The molecule has 2 amide bonds. The number of alkyl carbamates (subject to hydrolysis) is 1. The van der Waals surface area contributed by atoms with E-state index in [1.54, 1.807) is 26.0 Å². The van der Waals surface area contributed by atoms with Crippen molar-refractivity contribution in [2.45, 2.75) is 108 Å². The van der Waals surface area contributed by atoms with Crippen molar-refractivity contribution >= 4 is 27.8 Å². The van der Waals surface area contributed by atoms with Crippen LogP contribution in [-0.4, -0.2) is 87.6 Å². The highest BCUT2D eigenvalue weighted by Gasteiger charge is 2.44. The van der Waals surface area contributed by atoms with Gasteiger partial charge in [0.25, 0.3) is 0 Å². The van der Waals surface area contributed by atoms with Gasteiger partial charge in [-0.2, -0.15) is 13.2 Å². The lowest BCUT2D eigenvalue weighted by Crippen LogP contribution is -2.58. The minimum absolute atomic E-state index is 0.0753. The Morgan fingerprint density at radius 2 is 1.60 bits per heavy atom. The van der Waals surface area contributed by atoms with Gasteiger partial charge in [0.1, 0.15) is 29.9 Å². The van der Waals surface area contributed by atoms with Crippen molar-refractivity contribution in [3.05, 3.63) is 70.8 Å². The van der Waals surface area contributed by atoms with Gasteiger partial charge in [-0.1, -0.05) is 57.9 Å². The van der Waals surface area contributed by atoms with Gasteiger partial charge in [0.15, 0.2) is 9.84 Å². The Morgan fingerprint density at radius 1 is 0.943 bits per heavy atom. The van der Waals surface area contributed by atoms with E-state index >= 15 is 0 Å². The number of amides is 2. The summed E-state index contributed by atoms with van der Waals surface area (Å²) in [5, 5.41) is 6.75. The summed E-state index contributed by atoms with van der Waals surface area (Å²) < 4.78 is 112. The zero-order valence-corrected chi connectivity index (χ0v) is 30.8. The maximum absolute atomic E-state index is 14.3. The molecule has 0 bridgehead atoms. The van der Waals surface area contributed by atoms with Crippen LogP contribution in [0.15, 0.2) is 42.5 Å². The number of ether oxygens (including phenoxy) is 3. The van der Waals surface area contributed by atoms with Crippen LogP contribution in [0.5, 0.6) is 0 Å². The predicted octanol–water partition coefficient (Wildman–Crippen LogP) is 5.09. The van der Waals surface area contributed by atoms with E-state index in [4.69, 9.17) is 14.2 Å². The highest BCUT2D eigenvalue weighted by atomic mass is 32.2. The van der Waals surface area contributed by atoms with Crippen molar-refractivity contribution < 1.29 is 59.0 Å². The molecule has 1 fully saturated rings. The summed E-state index contributed by atoms with van der Waals surface area (Å²) in [4.78, 5) is 39.2. The Morgan fingerprint density at radius 3 is 2.19 bits per heavy atom. The average Bonchev–Trinajstić information content (AvgIpc) is 3.59. The van der Waals surface area contributed by atoms with Crippen LogP contribution in [-0.2, 0) is 53.0 Å². The summed E-state index contributed by atoms with van der Waals surface area (Å²) in [5.41, 5.74) is 1.60. The molecule has 1 aliphatic rings. The fourth-order valence-electron chi connectivity index (χ4n) is 5.96. The molecule has 11 nitrogen and oxygen atoms in total. The van der Waals surface area contributed by atoms with Gasteiger partial charge in [-0.15, -0.1) is 0 Å². The lowest BCUT2D eigenvalue weighted by molar-refractivity contribution is -0.206. The second-order valence-electron chi connectivity index (χ2n) is 13.0. The maximum Gasteiger partial charge on any atom is 0.490 e. The molecule has 3 rings (SSSR count). The number of rotatable bonds is 20. The van der Waals surface area contributed by atoms with E-state index in [0.29, 0.717) is 38.4 Å². The van der Waals surface area contributed by atoms with Gasteiger partial charge in [0.05, 0.1) is 30.3 Å². The molecule has 4 atom stereocenters. The molecular formula is C36H48F5N3O8S. The van der Waals surface area contributed by atoms with Crippen molar-refractivity contribution in [1.29, 1.82) is 0 Å². The Labute approximate surface area is 306 Å². The molecule has 0 unspecified atom stereocenters. The largest absolute Gasteiger partial charge is 0.490 e. The summed E-state index contributed by atoms with van der Waals surface area (Å²) >= 11 is 0. The summed E-state index contributed by atoms with van der Waals surface area (Å²) in [6.45, 7) is 5.51. The molecule has 17 heteroatoms. The quantitative estimate of drug-likeness (QED) is 0.124. The number of nitrogens with one attached hydrogen (secondary N) is 3. The van der Waals surface area contributed by atoms with Gasteiger partial charge >= 0.3 is 18.2 Å².